The van der Waals surface area contributed by atoms with Gasteiger partial charge in [-0.3, -0.25) is 4.79 Å². The summed E-state index contributed by atoms with van der Waals surface area (Å²) >= 11 is 0. The second kappa shape index (κ2) is 10.2. The summed E-state index contributed by atoms with van der Waals surface area (Å²) in [7, 11) is 0. The first-order valence-corrected chi connectivity index (χ1v) is 11.7. The maximum absolute atomic E-state index is 13.0. The van der Waals surface area contributed by atoms with Crippen LogP contribution in [0.3, 0.4) is 0 Å². The fourth-order valence-corrected chi connectivity index (χ4v) is 4.60. The molecule has 4 rings (SSSR count). The zero-order valence-electron chi connectivity index (χ0n) is 20.4. The molecule has 0 spiro atoms. The van der Waals surface area contributed by atoms with Crippen LogP contribution in [0.1, 0.15) is 68.3 Å². The summed E-state index contributed by atoms with van der Waals surface area (Å²) in [5, 5.41) is 3.98. The highest BCUT2D eigenvalue weighted by molar-refractivity contribution is 5.77. The van der Waals surface area contributed by atoms with E-state index in [4.69, 9.17) is 9.26 Å². The van der Waals surface area contributed by atoms with Crippen LogP contribution in [-0.4, -0.2) is 17.3 Å². The van der Waals surface area contributed by atoms with Gasteiger partial charge in [-0.15, -0.1) is 13.2 Å². The minimum atomic E-state index is -4.77. The molecule has 1 aromatic heterocycles. The lowest BCUT2D eigenvalue weighted by Gasteiger charge is -2.25. The lowest BCUT2D eigenvalue weighted by atomic mass is 9.81. The molecule has 0 saturated carbocycles. The predicted molar refractivity (Wildman–Crippen MR) is 129 cm³/mol. The van der Waals surface area contributed by atoms with E-state index in [2.05, 4.69) is 9.89 Å². The molecular weight excluding hydrogens is 471 g/mol. The Kier molecular flexibility index (Phi) is 7.24. The Labute approximate surface area is 207 Å². The third-order valence-corrected chi connectivity index (χ3v) is 6.40. The zero-order chi connectivity index (χ0) is 25.9. The van der Waals surface area contributed by atoms with Gasteiger partial charge in [-0.1, -0.05) is 43.3 Å². The molecule has 0 bridgehead atoms. The molecule has 0 N–H and O–H groups in total. The van der Waals surface area contributed by atoms with E-state index >= 15 is 0 Å². The SMILES string of the molecule is CC(=O)C[C@@H](c1ccc(OCc2ccc(OC(F)(F)F)c(C3=CCCC3(C)C)c2)cc1)c1ccon1. The van der Waals surface area contributed by atoms with Gasteiger partial charge in [0.15, 0.2) is 0 Å². The first-order chi connectivity index (χ1) is 17.0. The monoisotopic (exact) mass is 499 g/mol. The van der Waals surface area contributed by atoms with Gasteiger partial charge in [0.05, 0.1) is 5.69 Å². The molecule has 0 amide bonds. The third-order valence-electron chi connectivity index (χ3n) is 6.40. The number of ketones is 1. The van der Waals surface area contributed by atoms with Gasteiger partial charge in [-0.05, 0) is 66.1 Å². The normalized spacial score (nSPS) is 15.9. The van der Waals surface area contributed by atoms with Crippen molar-refractivity contribution in [2.75, 3.05) is 0 Å². The first-order valence-electron chi connectivity index (χ1n) is 11.7. The quantitative estimate of drug-likeness (QED) is 0.306. The lowest BCUT2D eigenvalue weighted by molar-refractivity contribution is -0.274. The van der Waals surface area contributed by atoms with Crippen LogP contribution in [0.15, 0.2) is 65.4 Å². The smallest absolute Gasteiger partial charge is 0.489 e. The van der Waals surface area contributed by atoms with Crippen molar-refractivity contribution in [2.45, 2.75) is 58.9 Å². The maximum atomic E-state index is 13.0. The molecule has 1 aliphatic rings. The Balaban J connectivity index is 1.52. The zero-order valence-corrected chi connectivity index (χ0v) is 20.4. The second-order valence-corrected chi connectivity index (χ2v) is 9.66. The van der Waals surface area contributed by atoms with Crippen LogP contribution in [0.4, 0.5) is 13.2 Å². The van der Waals surface area contributed by atoms with E-state index in [1.807, 2.05) is 32.1 Å². The summed E-state index contributed by atoms with van der Waals surface area (Å²) in [5.41, 5.74) is 3.33. The number of Topliss-reactive ketones (excluding diaryl/α,β-unsaturated/α-hetero) is 1. The van der Waals surface area contributed by atoms with Gasteiger partial charge in [-0.25, -0.2) is 0 Å². The van der Waals surface area contributed by atoms with Gasteiger partial charge in [0.25, 0.3) is 0 Å². The van der Waals surface area contributed by atoms with Crippen molar-refractivity contribution in [3.8, 4) is 11.5 Å². The maximum Gasteiger partial charge on any atom is 0.573 e. The van der Waals surface area contributed by atoms with Crippen LogP contribution >= 0.6 is 0 Å². The van der Waals surface area contributed by atoms with E-state index in [0.29, 0.717) is 23.4 Å². The standard InChI is InChI=1S/C28H28F3NO4/c1-18(33)15-22(25-12-14-35-32-25)20-7-9-21(10-8-20)34-17-19-6-11-26(36-28(29,30)31)23(16-19)24-5-4-13-27(24,2)3/h5-12,14,16,22H,4,13,15,17H2,1-3H3/t22-/m0/s1. The van der Waals surface area contributed by atoms with Gasteiger partial charge in [0.2, 0.25) is 0 Å². The summed E-state index contributed by atoms with van der Waals surface area (Å²) in [6, 6.07) is 13.7. The molecule has 0 unspecified atom stereocenters. The Morgan fingerprint density at radius 2 is 1.89 bits per heavy atom. The summed E-state index contributed by atoms with van der Waals surface area (Å²) in [5.74, 6) is 0.207. The molecule has 3 aromatic rings. The average molecular weight is 500 g/mol. The molecule has 1 heterocycles. The molecule has 0 saturated heterocycles. The first kappa shape index (κ1) is 25.5. The van der Waals surface area contributed by atoms with Crippen molar-refractivity contribution in [3.05, 3.63) is 83.3 Å². The molecule has 0 aliphatic heterocycles. The topological polar surface area (TPSA) is 61.6 Å². The molecule has 0 radical (unpaired) electrons. The Morgan fingerprint density at radius 1 is 1.14 bits per heavy atom. The molecule has 2 aromatic carbocycles. The Bertz CT molecular complexity index is 1230. The van der Waals surface area contributed by atoms with Crippen molar-refractivity contribution in [1.29, 1.82) is 0 Å². The van der Waals surface area contributed by atoms with E-state index in [0.717, 1.165) is 29.5 Å². The number of alkyl halides is 3. The number of nitrogens with zero attached hydrogens (tertiary/aromatic N) is 1. The molecular formula is C28H28F3NO4. The minimum Gasteiger partial charge on any atom is -0.489 e. The van der Waals surface area contributed by atoms with Gasteiger partial charge in [0.1, 0.15) is 30.2 Å². The van der Waals surface area contributed by atoms with Crippen molar-refractivity contribution >= 4 is 11.4 Å². The molecule has 1 atom stereocenters. The van der Waals surface area contributed by atoms with Crippen LogP contribution in [-0.2, 0) is 11.4 Å². The number of carbonyl (C=O) groups is 1. The van der Waals surface area contributed by atoms with Gasteiger partial charge in [0, 0.05) is 24.0 Å². The second-order valence-electron chi connectivity index (χ2n) is 9.66. The summed E-state index contributed by atoms with van der Waals surface area (Å²) < 4.78 is 54.3. The van der Waals surface area contributed by atoms with E-state index in [-0.39, 0.29) is 29.5 Å². The molecule has 1 aliphatic carbocycles. The average Bonchev–Trinajstić information content (AvgIpc) is 3.45. The van der Waals surface area contributed by atoms with Crippen molar-refractivity contribution in [1.82, 2.24) is 5.16 Å². The largest absolute Gasteiger partial charge is 0.573 e. The van der Waals surface area contributed by atoms with E-state index < -0.39 is 6.36 Å². The Hall–Kier alpha value is -3.55. The van der Waals surface area contributed by atoms with Crippen molar-refractivity contribution in [3.63, 3.8) is 0 Å². The number of aromatic nitrogens is 1. The predicted octanol–water partition coefficient (Wildman–Crippen LogP) is 7.47. The van der Waals surface area contributed by atoms with Crippen LogP contribution in [0.2, 0.25) is 0 Å². The molecule has 0 fully saturated rings. The van der Waals surface area contributed by atoms with E-state index in [1.54, 1.807) is 30.3 Å². The highest BCUT2D eigenvalue weighted by atomic mass is 19.4. The number of ether oxygens (including phenoxy) is 2. The van der Waals surface area contributed by atoms with Crippen molar-refractivity contribution < 1.29 is 32.0 Å². The van der Waals surface area contributed by atoms with Gasteiger partial charge in [-0.2, -0.15) is 0 Å². The molecule has 190 valence electrons. The number of halogens is 3. The van der Waals surface area contributed by atoms with E-state index in [9.17, 15) is 18.0 Å². The van der Waals surface area contributed by atoms with Crippen LogP contribution in [0, 0.1) is 5.41 Å². The number of rotatable bonds is 9. The van der Waals surface area contributed by atoms with Crippen LogP contribution in [0.25, 0.3) is 5.57 Å². The number of hydrogen-bond acceptors (Lipinski definition) is 5. The summed E-state index contributed by atoms with van der Waals surface area (Å²) in [6.07, 6.45) is 0.647. The van der Waals surface area contributed by atoms with Gasteiger partial charge >= 0.3 is 6.36 Å². The number of carbonyl (C=O) groups excluding carboxylic acids is 1. The fraction of sp³-hybridized carbons (Fsp3) is 0.357. The molecule has 36 heavy (non-hydrogen) atoms. The summed E-state index contributed by atoms with van der Waals surface area (Å²) in [4.78, 5) is 11.8. The number of benzene rings is 2. The summed E-state index contributed by atoms with van der Waals surface area (Å²) in [6.45, 7) is 5.75. The van der Waals surface area contributed by atoms with Gasteiger partial charge < -0.3 is 14.0 Å². The third kappa shape index (κ3) is 6.17. The fourth-order valence-electron chi connectivity index (χ4n) is 4.60. The minimum absolute atomic E-state index is 0.0395. The van der Waals surface area contributed by atoms with Crippen molar-refractivity contribution in [2.24, 2.45) is 5.41 Å². The number of allylic oxidation sites excluding steroid dienone is 2. The lowest BCUT2D eigenvalue weighted by Crippen LogP contribution is -2.19. The van der Waals surface area contributed by atoms with E-state index in [1.165, 1.54) is 19.3 Å². The molecule has 8 heteroatoms. The Morgan fingerprint density at radius 3 is 2.47 bits per heavy atom. The highest BCUT2D eigenvalue weighted by Gasteiger charge is 2.35. The molecule has 5 nitrogen and oxygen atoms in total. The van der Waals surface area contributed by atoms with Crippen LogP contribution < -0.4 is 9.47 Å². The highest BCUT2D eigenvalue weighted by Crippen LogP contribution is 2.47. The number of hydrogen-bond donors (Lipinski definition) is 0. The van der Waals surface area contributed by atoms with Crippen LogP contribution in [0.5, 0.6) is 11.5 Å².